The molecule has 1 fully saturated rings. The standard InChI is InChI=1S/C19H27N3O5S/c1-4-11-27-19(24)22-9-7-13(8-10-22)20-17(23)18(28)21-14-5-6-15(25-2)16(12-14)26-3/h5-6,12-13H,4,7-11H2,1-3H3,(H,20,23)(H,21,28). The van der Waals surface area contributed by atoms with Crippen molar-refractivity contribution in [3.63, 3.8) is 0 Å². The van der Waals surface area contributed by atoms with Gasteiger partial charge in [-0.2, -0.15) is 0 Å². The highest BCUT2D eigenvalue weighted by Crippen LogP contribution is 2.29. The van der Waals surface area contributed by atoms with Crippen LogP contribution in [0, 0.1) is 0 Å². The lowest BCUT2D eigenvalue weighted by atomic mass is 10.1. The van der Waals surface area contributed by atoms with E-state index >= 15 is 0 Å². The van der Waals surface area contributed by atoms with E-state index in [9.17, 15) is 9.59 Å². The fourth-order valence-electron chi connectivity index (χ4n) is 2.84. The molecule has 0 unspecified atom stereocenters. The lowest BCUT2D eigenvalue weighted by Gasteiger charge is -2.31. The maximum Gasteiger partial charge on any atom is 0.409 e. The van der Waals surface area contributed by atoms with E-state index in [1.807, 2.05) is 6.92 Å². The van der Waals surface area contributed by atoms with Crippen molar-refractivity contribution in [2.24, 2.45) is 0 Å². The van der Waals surface area contributed by atoms with Gasteiger partial charge in [0.05, 0.1) is 20.8 Å². The van der Waals surface area contributed by atoms with Crippen molar-refractivity contribution in [2.45, 2.75) is 32.2 Å². The number of rotatable bonds is 6. The normalized spacial score (nSPS) is 14.2. The number of nitrogens with zero attached hydrogens (tertiary/aromatic N) is 1. The fourth-order valence-corrected chi connectivity index (χ4v) is 3.02. The van der Waals surface area contributed by atoms with Crippen molar-refractivity contribution in [3.05, 3.63) is 18.2 Å². The Balaban J connectivity index is 1.82. The summed E-state index contributed by atoms with van der Waals surface area (Å²) in [7, 11) is 3.09. The molecule has 0 aromatic heterocycles. The van der Waals surface area contributed by atoms with E-state index in [4.69, 9.17) is 26.4 Å². The topological polar surface area (TPSA) is 89.1 Å². The first-order valence-corrected chi connectivity index (χ1v) is 9.64. The summed E-state index contributed by atoms with van der Waals surface area (Å²) in [5, 5.41) is 5.82. The lowest BCUT2D eigenvalue weighted by molar-refractivity contribution is -0.115. The van der Waals surface area contributed by atoms with Gasteiger partial charge in [0.25, 0.3) is 5.91 Å². The van der Waals surface area contributed by atoms with Crippen molar-refractivity contribution >= 4 is 34.9 Å². The second-order valence-corrected chi connectivity index (χ2v) is 6.78. The number of methoxy groups -OCH3 is 2. The number of anilines is 1. The zero-order valence-electron chi connectivity index (χ0n) is 16.4. The zero-order valence-corrected chi connectivity index (χ0v) is 17.3. The predicted molar refractivity (Wildman–Crippen MR) is 110 cm³/mol. The highest BCUT2D eigenvalue weighted by Gasteiger charge is 2.25. The molecule has 1 aromatic rings. The van der Waals surface area contributed by atoms with Crippen LogP contribution in [0.15, 0.2) is 18.2 Å². The van der Waals surface area contributed by atoms with E-state index in [0.29, 0.717) is 49.7 Å². The molecule has 2 N–H and O–H groups in total. The molecular weight excluding hydrogens is 382 g/mol. The van der Waals surface area contributed by atoms with E-state index in [2.05, 4.69) is 10.6 Å². The number of piperidine rings is 1. The van der Waals surface area contributed by atoms with Crippen LogP contribution in [0.25, 0.3) is 0 Å². The minimum absolute atomic E-state index is 0.0344. The van der Waals surface area contributed by atoms with Gasteiger partial charge >= 0.3 is 6.09 Å². The summed E-state index contributed by atoms with van der Waals surface area (Å²) in [6.07, 6.45) is 1.82. The average molecular weight is 410 g/mol. The summed E-state index contributed by atoms with van der Waals surface area (Å²) in [6, 6.07) is 5.16. The number of thiocarbonyl (C=S) groups is 1. The van der Waals surface area contributed by atoms with Gasteiger partial charge in [0, 0.05) is 30.9 Å². The fraction of sp³-hybridized carbons (Fsp3) is 0.526. The molecule has 2 amide bonds. The first-order chi connectivity index (χ1) is 13.5. The molecule has 0 radical (unpaired) electrons. The number of amides is 2. The van der Waals surface area contributed by atoms with Crippen LogP contribution >= 0.6 is 12.2 Å². The Morgan fingerprint density at radius 1 is 1.18 bits per heavy atom. The van der Waals surface area contributed by atoms with Crippen molar-refractivity contribution in [1.82, 2.24) is 10.2 Å². The Morgan fingerprint density at radius 3 is 2.46 bits per heavy atom. The molecular formula is C19H27N3O5S. The van der Waals surface area contributed by atoms with E-state index in [-0.39, 0.29) is 23.0 Å². The lowest BCUT2D eigenvalue weighted by Crippen LogP contribution is -2.48. The van der Waals surface area contributed by atoms with Crippen molar-refractivity contribution < 1.29 is 23.8 Å². The number of hydrogen-bond donors (Lipinski definition) is 2. The summed E-state index contributed by atoms with van der Waals surface area (Å²) in [4.78, 5) is 26.0. The summed E-state index contributed by atoms with van der Waals surface area (Å²) in [5.74, 6) is 0.780. The van der Waals surface area contributed by atoms with Crippen molar-refractivity contribution in [2.75, 3.05) is 39.2 Å². The maximum atomic E-state index is 12.4. The first-order valence-electron chi connectivity index (χ1n) is 9.24. The third-order valence-electron chi connectivity index (χ3n) is 4.37. The van der Waals surface area contributed by atoms with Crippen LogP contribution in [0.3, 0.4) is 0 Å². The molecule has 0 aliphatic carbocycles. The Labute approximate surface area is 170 Å². The molecule has 0 spiro atoms. The average Bonchev–Trinajstić information content (AvgIpc) is 2.72. The predicted octanol–water partition coefficient (Wildman–Crippen LogP) is 2.57. The zero-order chi connectivity index (χ0) is 20.5. The van der Waals surface area contributed by atoms with Gasteiger partial charge < -0.3 is 29.7 Å². The van der Waals surface area contributed by atoms with Gasteiger partial charge in [-0.25, -0.2) is 4.79 Å². The molecule has 0 saturated carbocycles. The molecule has 2 rings (SSSR count). The Kier molecular flexibility index (Phi) is 8.31. The molecule has 154 valence electrons. The second kappa shape index (κ2) is 10.7. The van der Waals surface area contributed by atoms with E-state index in [0.717, 1.165) is 6.42 Å². The van der Waals surface area contributed by atoms with Crippen LogP contribution in [-0.2, 0) is 9.53 Å². The van der Waals surface area contributed by atoms with Gasteiger partial charge in [0.15, 0.2) is 16.5 Å². The van der Waals surface area contributed by atoms with Gasteiger partial charge in [-0.15, -0.1) is 0 Å². The van der Waals surface area contributed by atoms with Crippen LogP contribution in [-0.4, -0.2) is 61.8 Å². The van der Waals surface area contributed by atoms with Crippen molar-refractivity contribution in [1.29, 1.82) is 0 Å². The van der Waals surface area contributed by atoms with Crippen LogP contribution in [0.4, 0.5) is 10.5 Å². The number of ether oxygens (including phenoxy) is 3. The summed E-state index contributed by atoms with van der Waals surface area (Å²) < 4.78 is 15.6. The van der Waals surface area contributed by atoms with E-state index < -0.39 is 0 Å². The van der Waals surface area contributed by atoms with Crippen molar-refractivity contribution in [3.8, 4) is 11.5 Å². The van der Waals surface area contributed by atoms with Gasteiger partial charge in [-0.05, 0) is 31.4 Å². The highest BCUT2D eigenvalue weighted by atomic mass is 32.1. The first kappa shape index (κ1) is 21.7. The molecule has 1 heterocycles. The molecule has 9 heteroatoms. The van der Waals surface area contributed by atoms with Crippen LogP contribution in [0.5, 0.6) is 11.5 Å². The molecule has 28 heavy (non-hydrogen) atoms. The molecule has 0 atom stereocenters. The number of nitrogens with one attached hydrogen (secondary N) is 2. The SMILES string of the molecule is CCCOC(=O)N1CCC(NC(=O)C(=S)Nc2ccc(OC)c(OC)c2)CC1. The van der Waals surface area contributed by atoms with Gasteiger partial charge in [0.1, 0.15) is 0 Å². The summed E-state index contributed by atoms with van der Waals surface area (Å²) >= 11 is 5.20. The second-order valence-electron chi connectivity index (χ2n) is 6.37. The number of hydrogen-bond acceptors (Lipinski definition) is 6. The molecule has 8 nitrogen and oxygen atoms in total. The van der Waals surface area contributed by atoms with Crippen LogP contribution in [0.2, 0.25) is 0 Å². The number of carbonyl (C=O) groups excluding carboxylic acids is 2. The smallest absolute Gasteiger partial charge is 0.409 e. The minimum Gasteiger partial charge on any atom is -0.493 e. The largest absolute Gasteiger partial charge is 0.493 e. The summed E-state index contributed by atoms with van der Waals surface area (Å²) in [5.41, 5.74) is 0.631. The molecule has 1 aromatic carbocycles. The van der Waals surface area contributed by atoms with Gasteiger partial charge in [-0.3, -0.25) is 4.79 Å². The molecule has 1 aliphatic heterocycles. The Morgan fingerprint density at radius 2 is 1.86 bits per heavy atom. The molecule has 0 bridgehead atoms. The third-order valence-corrected chi connectivity index (χ3v) is 4.65. The van der Waals surface area contributed by atoms with E-state index in [1.54, 1.807) is 30.2 Å². The number of likely N-dealkylation sites (tertiary alicyclic amines) is 1. The third kappa shape index (κ3) is 5.98. The maximum absolute atomic E-state index is 12.4. The van der Waals surface area contributed by atoms with Gasteiger partial charge in [0.2, 0.25) is 0 Å². The highest BCUT2D eigenvalue weighted by molar-refractivity contribution is 7.82. The molecule has 1 aliphatic rings. The van der Waals surface area contributed by atoms with Gasteiger partial charge in [-0.1, -0.05) is 19.1 Å². The number of carbonyl (C=O) groups is 2. The monoisotopic (exact) mass is 409 g/mol. The van der Waals surface area contributed by atoms with Crippen LogP contribution in [0.1, 0.15) is 26.2 Å². The number of benzene rings is 1. The molecule has 1 saturated heterocycles. The van der Waals surface area contributed by atoms with Crippen LogP contribution < -0.4 is 20.1 Å². The van der Waals surface area contributed by atoms with E-state index in [1.165, 1.54) is 7.11 Å². The quantitative estimate of drug-likeness (QED) is 0.698. The summed E-state index contributed by atoms with van der Waals surface area (Å²) in [6.45, 7) is 3.46. The Hall–Kier alpha value is -2.55. The Bertz CT molecular complexity index is 705. The minimum atomic E-state index is -0.350.